The predicted molar refractivity (Wildman–Crippen MR) is 94.6 cm³/mol. The van der Waals surface area contributed by atoms with Crippen LogP contribution >= 0.6 is 0 Å². The van der Waals surface area contributed by atoms with Crippen molar-refractivity contribution < 1.29 is 13.9 Å². The van der Waals surface area contributed by atoms with Crippen molar-refractivity contribution >= 4 is 28.4 Å². The van der Waals surface area contributed by atoms with Crippen molar-refractivity contribution in [2.24, 2.45) is 0 Å². The highest BCUT2D eigenvalue weighted by Crippen LogP contribution is 2.30. The molecule has 0 aliphatic carbocycles. The van der Waals surface area contributed by atoms with Gasteiger partial charge in [0.2, 0.25) is 5.91 Å². The van der Waals surface area contributed by atoms with Gasteiger partial charge in [0.25, 0.3) is 0 Å². The maximum atomic E-state index is 14.5. The molecule has 3 aromatic rings. The zero-order chi connectivity index (χ0) is 18.1. The Morgan fingerprint density at radius 3 is 3.08 bits per heavy atom. The minimum Gasteiger partial charge on any atom is -0.370 e. The van der Waals surface area contributed by atoms with Crippen LogP contribution in [-0.2, 0) is 16.1 Å². The topological polar surface area (TPSA) is 74.3 Å². The standard InChI is InChI=1S/C18H18FN5O2/c1-23(18-13-4-5-20-17(13)21-11-22-18)15-8-12(2-3-14(15)19)9-24-6-7-26-10-16(24)25/h2-5,8,11H,6-7,9-10H2,1H3,(H,20,21,22). The normalized spacial score (nSPS) is 14.8. The Morgan fingerprint density at radius 2 is 2.23 bits per heavy atom. The van der Waals surface area contributed by atoms with E-state index >= 15 is 0 Å². The Balaban J connectivity index is 1.65. The molecule has 1 aromatic carbocycles. The number of morpholine rings is 1. The number of rotatable bonds is 4. The minimum absolute atomic E-state index is 0.0553. The molecule has 2 aromatic heterocycles. The minimum atomic E-state index is -0.355. The zero-order valence-corrected chi connectivity index (χ0v) is 14.3. The third kappa shape index (κ3) is 2.99. The van der Waals surface area contributed by atoms with Gasteiger partial charge in [-0.25, -0.2) is 14.4 Å². The molecule has 8 heteroatoms. The first-order valence-electron chi connectivity index (χ1n) is 8.29. The second-order valence-corrected chi connectivity index (χ2v) is 6.15. The quantitative estimate of drug-likeness (QED) is 0.777. The van der Waals surface area contributed by atoms with Crippen LogP contribution in [0, 0.1) is 5.82 Å². The van der Waals surface area contributed by atoms with Gasteiger partial charge in [-0.1, -0.05) is 6.07 Å². The van der Waals surface area contributed by atoms with E-state index in [9.17, 15) is 9.18 Å². The number of H-pyrrole nitrogens is 1. The lowest BCUT2D eigenvalue weighted by atomic mass is 10.1. The first-order valence-corrected chi connectivity index (χ1v) is 8.29. The summed E-state index contributed by atoms with van der Waals surface area (Å²) >= 11 is 0. The van der Waals surface area contributed by atoms with Crippen molar-refractivity contribution in [3.63, 3.8) is 0 Å². The largest absolute Gasteiger partial charge is 0.370 e. The van der Waals surface area contributed by atoms with Crippen molar-refractivity contribution in [2.45, 2.75) is 6.54 Å². The van der Waals surface area contributed by atoms with Gasteiger partial charge in [-0.05, 0) is 23.8 Å². The Bertz CT molecular complexity index is 958. The summed E-state index contributed by atoms with van der Waals surface area (Å²) < 4.78 is 19.6. The lowest BCUT2D eigenvalue weighted by Crippen LogP contribution is -2.40. The van der Waals surface area contributed by atoms with E-state index in [-0.39, 0.29) is 18.3 Å². The average Bonchev–Trinajstić information content (AvgIpc) is 3.13. The maximum absolute atomic E-state index is 14.5. The van der Waals surface area contributed by atoms with Gasteiger partial charge < -0.3 is 19.5 Å². The van der Waals surface area contributed by atoms with E-state index in [2.05, 4.69) is 15.0 Å². The van der Waals surface area contributed by atoms with Crippen LogP contribution in [0.15, 0.2) is 36.8 Å². The number of hydrogen-bond donors (Lipinski definition) is 1. The molecule has 0 saturated carbocycles. The van der Waals surface area contributed by atoms with Crippen LogP contribution in [0.4, 0.5) is 15.9 Å². The van der Waals surface area contributed by atoms with Crippen molar-refractivity contribution in [3.05, 3.63) is 48.2 Å². The number of carbonyl (C=O) groups is 1. The summed E-state index contributed by atoms with van der Waals surface area (Å²) in [6.45, 7) is 1.58. The van der Waals surface area contributed by atoms with Gasteiger partial charge >= 0.3 is 0 Å². The van der Waals surface area contributed by atoms with Crippen molar-refractivity contribution in [1.82, 2.24) is 19.9 Å². The number of carbonyl (C=O) groups excluding carboxylic acids is 1. The van der Waals surface area contributed by atoms with Gasteiger partial charge in [-0.15, -0.1) is 0 Å². The van der Waals surface area contributed by atoms with Gasteiger partial charge in [0, 0.05) is 26.3 Å². The Kier molecular flexibility index (Phi) is 4.26. The summed E-state index contributed by atoms with van der Waals surface area (Å²) in [5.74, 6) is 0.196. The highest BCUT2D eigenvalue weighted by Gasteiger charge is 2.20. The predicted octanol–water partition coefficient (Wildman–Crippen LogP) is 2.22. The molecule has 0 atom stereocenters. The van der Waals surface area contributed by atoms with Crippen molar-refractivity contribution in [1.29, 1.82) is 0 Å². The Hall–Kier alpha value is -3.00. The van der Waals surface area contributed by atoms with E-state index in [1.54, 1.807) is 35.2 Å². The molecule has 4 rings (SSSR count). The number of aromatic amines is 1. The number of benzene rings is 1. The summed E-state index contributed by atoms with van der Waals surface area (Å²) in [6.07, 6.45) is 3.21. The molecule has 1 aliphatic heterocycles. The molecule has 1 fully saturated rings. The van der Waals surface area contributed by atoms with Crippen LogP contribution in [0.5, 0.6) is 0 Å². The fourth-order valence-electron chi connectivity index (χ4n) is 3.09. The molecule has 0 spiro atoms. The van der Waals surface area contributed by atoms with Gasteiger partial charge in [0.1, 0.15) is 30.2 Å². The first-order chi connectivity index (χ1) is 12.6. The van der Waals surface area contributed by atoms with E-state index in [0.717, 1.165) is 10.9 Å². The highest BCUT2D eigenvalue weighted by atomic mass is 19.1. The number of halogens is 1. The number of nitrogens with zero attached hydrogens (tertiary/aromatic N) is 4. The fraction of sp³-hybridized carbons (Fsp3) is 0.278. The van der Waals surface area contributed by atoms with Crippen LogP contribution < -0.4 is 4.90 Å². The summed E-state index contributed by atoms with van der Waals surface area (Å²) in [5.41, 5.74) is 1.93. The number of nitrogens with one attached hydrogen (secondary N) is 1. The average molecular weight is 355 g/mol. The van der Waals surface area contributed by atoms with Gasteiger partial charge in [0.15, 0.2) is 0 Å². The molecule has 1 aliphatic rings. The molecule has 0 radical (unpaired) electrons. The maximum Gasteiger partial charge on any atom is 0.248 e. The molecule has 0 unspecified atom stereocenters. The third-order valence-corrected chi connectivity index (χ3v) is 4.48. The molecule has 1 N–H and O–H groups in total. The van der Waals surface area contributed by atoms with Crippen LogP contribution in [-0.4, -0.2) is 52.6 Å². The molecule has 3 heterocycles. The fourth-order valence-corrected chi connectivity index (χ4v) is 3.09. The van der Waals surface area contributed by atoms with Crippen molar-refractivity contribution in [3.8, 4) is 0 Å². The summed E-state index contributed by atoms with van der Waals surface area (Å²) in [5, 5.41) is 0.808. The first kappa shape index (κ1) is 16.5. The van der Waals surface area contributed by atoms with Crippen LogP contribution in [0.25, 0.3) is 11.0 Å². The van der Waals surface area contributed by atoms with E-state index in [1.807, 2.05) is 6.07 Å². The Labute approximate surface area is 149 Å². The van der Waals surface area contributed by atoms with Crippen LogP contribution in [0.2, 0.25) is 0 Å². The number of aromatic nitrogens is 3. The lowest BCUT2D eigenvalue weighted by molar-refractivity contribution is -0.143. The second kappa shape index (κ2) is 6.72. The van der Waals surface area contributed by atoms with Gasteiger partial charge in [0.05, 0.1) is 17.7 Å². The van der Waals surface area contributed by atoms with Crippen LogP contribution in [0.3, 0.4) is 0 Å². The van der Waals surface area contributed by atoms with E-state index in [1.165, 1.54) is 12.4 Å². The number of anilines is 2. The monoisotopic (exact) mass is 355 g/mol. The summed E-state index contributed by atoms with van der Waals surface area (Å²) in [4.78, 5) is 26.8. The van der Waals surface area contributed by atoms with Crippen LogP contribution in [0.1, 0.15) is 5.56 Å². The number of hydrogen-bond acceptors (Lipinski definition) is 5. The second-order valence-electron chi connectivity index (χ2n) is 6.15. The molecular formula is C18H18FN5O2. The number of ether oxygens (including phenoxy) is 1. The van der Waals surface area contributed by atoms with Gasteiger partial charge in [-0.3, -0.25) is 4.79 Å². The molecule has 1 amide bonds. The molecule has 7 nitrogen and oxygen atoms in total. The smallest absolute Gasteiger partial charge is 0.248 e. The zero-order valence-electron chi connectivity index (χ0n) is 14.3. The van der Waals surface area contributed by atoms with E-state index in [4.69, 9.17) is 4.74 Å². The molecule has 0 bridgehead atoms. The lowest BCUT2D eigenvalue weighted by Gasteiger charge is -2.27. The third-order valence-electron chi connectivity index (χ3n) is 4.48. The molecular weight excluding hydrogens is 337 g/mol. The number of fused-ring (bicyclic) bond motifs is 1. The molecule has 1 saturated heterocycles. The van der Waals surface area contributed by atoms with Gasteiger partial charge in [-0.2, -0.15) is 0 Å². The molecule has 26 heavy (non-hydrogen) atoms. The highest BCUT2D eigenvalue weighted by molar-refractivity contribution is 5.89. The van der Waals surface area contributed by atoms with E-state index in [0.29, 0.717) is 36.8 Å². The van der Waals surface area contributed by atoms with E-state index < -0.39 is 0 Å². The SMILES string of the molecule is CN(c1cc(CN2CCOCC2=O)ccc1F)c1ncnc2[nH]ccc12. The Morgan fingerprint density at radius 1 is 1.35 bits per heavy atom. The summed E-state index contributed by atoms with van der Waals surface area (Å²) in [7, 11) is 1.76. The molecule has 134 valence electrons. The van der Waals surface area contributed by atoms with Crippen molar-refractivity contribution in [2.75, 3.05) is 31.7 Å². The summed E-state index contributed by atoms with van der Waals surface area (Å²) in [6, 6.07) is 6.72. The number of amides is 1.